The number of aryl methyl sites for hydroxylation is 1. The minimum absolute atomic E-state index is 0.146. The largest absolute Gasteiger partial charge is 0.338 e. The predicted octanol–water partition coefficient (Wildman–Crippen LogP) is 2.76. The van der Waals surface area contributed by atoms with Crippen LogP contribution in [0.3, 0.4) is 0 Å². The van der Waals surface area contributed by atoms with Crippen LogP contribution in [0.4, 0.5) is 0 Å². The molecule has 0 spiro atoms. The summed E-state index contributed by atoms with van der Waals surface area (Å²) in [6.45, 7) is 0.519. The Labute approximate surface area is 129 Å². The molecule has 1 saturated carbocycles. The molecule has 1 fully saturated rings. The number of nitrogens with zero attached hydrogens (tertiary/aromatic N) is 3. The molecule has 0 N–H and O–H groups in total. The highest BCUT2D eigenvalue weighted by molar-refractivity contribution is 6.30. The van der Waals surface area contributed by atoms with Gasteiger partial charge in [0, 0.05) is 31.5 Å². The molecule has 3 rings (SSSR count). The van der Waals surface area contributed by atoms with E-state index in [1.807, 2.05) is 49.1 Å². The quantitative estimate of drug-likeness (QED) is 0.871. The van der Waals surface area contributed by atoms with Crippen molar-refractivity contribution in [3.05, 3.63) is 53.1 Å². The Kier molecular flexibility index (Phi) is 3.49. The van der Waals surface area contributed by atoms with E-state index in [9.17, 15) is 4.79 Å². The molecular formula is C16H18ClN3O. The molecule has 1 aromatic heterocycles. The van der Waals surface area contributed by atoms with Crippen LogP contribution in [0.5, 0.6) is 0 Å². The van der Waals surface area contributed by atoms with Gasteiger partial charge in [0.1, 0.15) is 5.82 Å². The van der Waals surface area contributed by atoms with E-state index < -0.39 is 0 Å². The number of carbonyl (C=O) groups is 1. The highest BCUT2D eigenvalue weighted by atomic mass is 35.5. The van der Waals surface area contributed by atoms with Crippen molar-refractivity contribution in [3.8, 4) is 0 Å². The molecule has 0 bridgehead atoms. The maximum Gasteiger partial charge on any atom is 0.233 e. The molecule has 1 amide bonds. The van der Waals surface area contributed by atoms with E-state index in [4.69, 9.17) is 11.6 Å². The fourth-order valence-corrected chi connectivity index (χ4v) is 2.93. The number of imidazole rings is 1. The number of rotatable bonds is 4. The highest BCUT2D eigenvalue weighted by Crippen LogP contribution is 2.50. The van der Waals surface area contributed by atoms with Crippen molar-refractivity contribution in [1.82, 2.24) is 14.5 Å². The van der Waals surface area contributed by atoms with E-state index in [0.717, 1.165) is 24.2 Å². The normalized spacial score (nSPS) is 15.8. The van der Waals surface area contributed by atoms with Crippen LogP contribution in [-0.4, -0.2) is 27.4 Å². The van der Waals surface area contributed by atoms with Crippen molar-refractivity contribution in [1.29, 1.82) is 0 Å². The molecule has 0 atom stereocenters. The second kappa shape index (κ2) is 5.19. The van der Waals surface area contributed by atoms with Crippen molar-refractivity contribution in [2.45, 2.75) is 24.8 Å². The van der Waals surface area contributed by atoms with Crippen LogP contribution in [0, 0.1) is 0 Å². The van der Waals surface area contributed by atoms with Gasteiger partial charge in [-0.05, 0) is 30.5 Å². The Bertz CT molecular complexity index is 676. The number of hydrogen-bond acceptors (Lipinski definition) is 2. The molecule has 1 aliphatic carbocycles. The van der Waals surface area contributed by atoms with Crippen molar-refractivity contribution in [2.24, 2.45) is 7.05 Å². The van der Waals surface area contributed by atoms with E-state index in [1.165, 1.54) is 0 Å². The lowest BCUT2D eigenvalue weighted by atomic mass is 9.94. The molecule has 1 heterocycles. The van der Waals surface area contributed by atoms with Gasteiger partial charge in [-0.1, -0.05) is 23.7 Å². The molecular weight excluding hydrogens is 286 g/mol. The average molecular weight is 304 g/mol. The standard InChI is InChI=1S/C16H18ClN3O/c1-19-9-8-18-14(19)11-20(2)15(21)16(6-7-16)12-4-3-5-13(17)10-12/h3-5,8-10H,6-7,11H2,1-2H3. The van der Waals surface area contributed by atoms with E-state index in [1.54, 1.807) is 11.1 Å². The Morgan fingerprint density at radius 1 is 1.48 bits per heavy atom. The van der Waals surface area contributed by atoms with Crippen molar-refractivity contribution in [3.63, 3.8) is 0 Å². The Morgan fingerprint density at radius 3 is 2.81 bits per heavy atom. The summed E-state index contributed by atoms with van der Waals surface area (Å²) in [7, 11) is 3.77. The summed E-state index contributed by atoms with van der Waals surface area (Å²) >= 11 is 6.06. The average Bonchev–Trinajstić information content (AvgIpc) is 3.18. The summed E-state index contributed by atoms with van der Waals surface area (Å²) in [5.74, 6) is 1.03. The van der Waals surface area contributed by atoms with Crippen LogP contribution in [0.15, 0.2) is 36.7 Å². The van der Waals surface area contributed by atoms with Crippen LogP contribution < -0.4 is 0 Å². The van der Waals surface area contributed by atoms with Gasteiger partial charge in [-0.25, -0.2) is 4.98 Å². The van der Waals surface area contributed by atoms with Crippen LogP contribution >= 0.6 is 11.6 Å². The first kappa shape index (κ1) is 14.1. The SMILES string of the molecule is CN(Cc1nccn1C)C(=O)C1(c2cccc(Cl)c2)CC1. The molecule has 4 nitrogen and oxygen atoms in total. The Morgan fingerprint density at radius 2 is 2.24 bits per heavy atom. The Hall–Kier alpha value is -1.81. The molecule has 21 heavy (non-hydrogen) atoms. The fourth-order valence-electron chi connectivity index (χ4n) is 2.74. The number of carbonyl (C=O) groups excluding carboxylic acids is 1. The zero-order valence-corrected chi connectivity index (χ0v) is 13.0. The first-order chi connectivity index (χ1) is 10.0. The van der Waals surface area contributed by atoms with Crippen LogP contribution in [-0.2, 0) is 23.8 Å². The second-order valence-electron chi connectivity index (χ2n) is 5.71. The summed E-state index contributed by atoms with van der Waals surface area (Å²) in [6.07, 6.45) is 5.41. The third-order valence-corrected chi connectivity index (χ3v) is 4.42. The number of halogens is 1. The second-order valence-corrected chi connectivity index (χ2v) is 6.14. The van der Waals surface area contributed by atoms with Gasteiger partial charge in [0.25, 0.3) is 0 Å². The summed E-state index contributed by atoms with van der Waals surface area (Å²) in [6, 6.07) is 7.64. The molecule has 0 saturated heterocycles. The predicted molar refractivity (Wildman–Crippen MR) is 82.0 cm³/mol. The monoisotopic (exact) mass is 303 g/mol. The zero-order chi connectivity index (χ0) is 15.0. The number of amides is 1. The number of benzene rings is 1. The maximum atomic E-state index is 12.8. The molecule has 2 aromatic rings. The first-order valence-corrected chi connectivity index (χ1v) is 7.38. The van der Waals surface area contributed by atoms with Gasteiger partial charge in [-0.15, -0.1) is 0 Å². The highest BCUT2D eigenvalue weighted by Gasteiger charge is 2.52. The smallest absolute Gasteiger partial charge is 0.233 e. The Balaban J connectivity index is 1.80. The van der Waals surface area contributed by atoms with Gasteiger partial charge in [-0.3, -0.25) is 4.79 Å². The van der Waals surface area contributed by atoms with Gasteiger partial charge < -0.3 is 9.47 Å². The van der Waals surface area contributed by atoms with Crippen LogP contribution in [0.1, 0.15) is 24.2 Å². The fraction of sp³-hybridized carbons (Fsp3) is 0.375. The van der Waals surface area contributed by atoms with Gasteiger partial charge >= 0.3 is 0 Å². The molecule has 0 aliphatic heterocycles. The molecule has 110 valence electrons. The molecule has 5 heteroatoms. The van der Waals surface area contributed by atoms with Gasteiger partial charge in [0.2, 0.25) is 5.91 Å². The summed E-state index contributed by atoms with van der Waals surface area (Å²) in [5.41, 5.74) is 0.636. The first-order valence-electron chi connectivity index (χ1n) is 7.01. The molecule has 0 radical (unpaired) electrons. The van der Waals surface area contributed by atoms with E-state index in [2.05, 4.69) is 4.98 Å². The van der Waals surface area contributed by atoms with Crippen molar-refractivity contribution in [2.75, 3.05) is 7.05 Å². The van der Waals surface area contributed by atoms with E-state index in [-0.39, 0.29) is 11.3 Å². The van der Waals surface area contributed by atoms with Crippen LogP contribution in [0.25, 0.3) is 0 Å². The zero-order valence-electron chi connectivity index (χ0n) is 12.2. The molecule has 1 aromatic carbocycles. The lowest BCUT2D eigenvalue weighted by molar-refractivity contribution is -0.133. The third-order valence-electron chi connectivity index (χ3n) is 4.18. The van der Waals surface area contributed by atoms with Gasteiger partial charge in [-0.2, -0.15) is 0 Å². The summed E-state index contributed by atoms with van der Waals surface area (Å²) in [5, 5.41) is 0.679. The molecule has 1 aliphatic rings. The number of hydrogen-bond donors (Lipinski definition) is 0. The van der Waals surface area contributed by atoms with Gasteiger partial charge in [0.05, 0.1) is 12.0 Å². The van der Waals surface area contributed by atoms with Crippen molar-refractivity contribution >= 4 is 17.5 Å². The number of likely N-dealkylation sites (N-methyl/N-ethyl adjacent to an activating group) is 1. The lowest BCUT2D eigenvalue weighted by Crippen LogP contribution is -2.36. The molecule has 0 unspecified atom stereocenters. The third kappa shape index (κ3) is 2.56. The lowest BCUT2D eigenvalue weighted by Gasteiger charge is -2.23. The summed E-state index contributed by atoms with van der Waals surface area (Å²) < 4.78 is 1.93. The van der Waals surface area contributed by atoms with Gasteiger partial charge in [0.15, 0.2) is 0 Å². The summed E-state index contributed by atoms with van der Waals surface area (Å²) in [4.78, 5) is 18.9. The minimum Gasteiger partial charge on any atom is -0.338 e. The number of aromatic nitrogens is 2. The van der Waals surface area contributed by atoms with Crippen molar-refractivity contribution < 1.29 is 4.79 Å². The maximum absolute atomic E-state index is 12.8. The van der Waals surface area contributed by atoms with E-state index in [0.29, 0.717) is 11.6 Å². The van der Waals surface area contributed by atoms with Crippen LogP contribution in [0.2, 0.25) is 5.02 Å². The topological polar surface area (TPSA) is 38.1 Å². The van der Waals surface area contributed by atoms with E-state index >= 15 is 0 Å². The minimum atomic E-state index is -0.384.